The van der Waals surface area contributed by atoms with Crippen LogP contribution in [0.2, 0.25) is 5.15 Å². The lowest BCUT2D eigenvalue weighted by Gasteiger charge is -2.58. The van der Waals surface area contributed by atoms with E-state index in [-0.39, 0.29) is 23.1 Å². The minimum absolute atomic E-state index is 0.0101. The topological polar surface area (TPSA) is 89.8 Å². The van der Waals surface area contributed by atoms with Crippen LogP contribution >= 0.6 is 11.6 Å². The summed E-state index contributed by atoms with van der Waals surface area (Å²) in [5.41, 5.74) is 2.20. The molecule has 2 aromatic heterocycles. The quantitative estimate of drug-likeness (QED) is 0.486. The molecule has 3 heterocycles. The van der Waals surface area contributed by atoms with Crippen molar-refractivity contribution in [1.29, 1.82) is 0 Å². The molecule has 0 atom stereocenters. The van der Waals surface area contributed by atoms with Gasteiger partial charge in [0.1, 0.15) is 22.8 Å². The molecule has 10 heteroatoms. The lowest BCUT2D eigenvalue weighted by molar-refractivity contribution is -0.150. The SMILES string of the molecule is COc1ccc(CN(C)C(=O)C2CC3(C2)CN(C(=O)c2cc4c(Cl)ncnc4n2C)C3)cc1OC. The van der Waals surface area contributed by atoms with Gasteiger partial charge in [-0.3, -0.25) is 9.59 Å². The van der Waals surface area contributed by atoms with E-state index < -0.39 is 0 Å². The summed E-state index contributed by atoms with van der Waals surface area (Å²) in [7, 11) is 6.83. The molecular weight excluding hydrogens is 470 g/mol. The van der Waals surface area contributed by atoms with Gasteiger partial charge < -0.3 is 23.8 Å². The van der Waals surface area contributed by atoms with Crippen molar-refractivity contribution >= 4 is 34.4 Å². The summed E-state index contributed by atoms with van der Waals surface area (Å²) in [5, 5.41) is 1.00. The second kappa shape index (κ2) is 8.71. The van der Waals surface area contributed by atoms with Crippen molar-refractivity contribution in [2.45, 2.75) is 19.4 Å². The molecule has 184 valence electrons. The minimum atomic E-state index is -0.0486. The van der Waals surface area contributed by atoms with Gasteiger partial charge in [0.2, 0.25) is 5.91 Å². The number of nitrogens with zero attached hydrogens (tertiary/aromatic N) is 5. The Morgan fingerprint density at radius 2 is 1.86 bits per heavy atom. The summed E-state index contributed by atoms with van der Waals surface area (Å²) < 4.78 is 12.4. The second-order valence-corrected chi connectivity index (χ2v) is 10.00. The van der Waals surface area contributed by atoms with Gasteiger partial charge in [-0.1, -0.05) is 17.7 Å². The van der Waals surface area contributed by atoms with Gasteiger partial charge >= 0.3 is 0 Å². The molecule has 1 aromatic carbocycles. The molecule has 0 radical (unpaired) electrons. The number of benzene rings is 1. The number of likely N-dealkylation sites (tertiary alicyclic amines) is 1. The largest absolute Gasteiger partial charge is 0.493 e. The van der Waals surface area contributed by atoms with Gasteiger partial charge in [0.05, 0.1) is 19.6 Å². The lowest BCUT2D eigenvalue weighted by Crippen LogP contribution is -2.65. The third-order valence-corrected chi connectivity index (χ3v) is 7.59. The zero-order valence-corrected chi connectivity index (χ0v) is 21.0. The Hall–Kier alpha value is -3.33. The van der Waals surface area contributed by atoms with Crippen molar-refractivity contribution in [3.8, 4) is 11.5 Å². The van der Waals surface area contributed by atoms with E-state index >= 15 is 0 Å². The van der Waals surface area contributed by atoms with Crippen LogP contribution in [0.4, 0.5) is 0 Å². The van der Waals surface area contributed by atoms with Gasteiger partial charge in [-0.2, -0.15) is 0 Å². The lowest BCUT2D eigenvalue weighted by atomic mass is 9.57. The number of aromatic nitrogens is 3. The van der Waals surface area contributed by atoms with Crippen molar-refractivity contribution < 1.29 is 19.1 Å². The molecule has 9 nitrogen and oxygen atoms in total. The molecular formula is C25H28ClN5O4. The van der Waals surface area contributed by atoms with Crippen molar-refractivity contribution in [1.82, 2.24) is 24.3 Å². The maximum absolute atomic E-state index is 13.1. The highest BCUT2D eigenvalue weighted by Crippen LogP contribution is 2.52. The van der Waals surface area contributed by atoms with Crippen LogP contribution in [0.1, 0.15) is 28.9 Å². The van der Waals surface area contributed by atoms with Crippen LogP contribution in [0.15, 0.2) is 30.6 Å². The highest BCUT2D eigenvalue weighted by atomic mass is 35.5. The molecule has 0 unspecified atom stereocenters. The first-order valence-corrected chi connectivity index (χ1v) is 11.8. The molecule has 1 aliphatic heterocycles. The first-order valence-electron chi connectivity index (χ1n) is 11.5. The number of ether oxygens (including phenoxy) is 2. The number of rotatable bonds is 6. The van der Waals surface area contributed by atoms with Crippen LogP contribution < -0.4 is 9.47 Å². The molecule has 2 fully saturated rings. The number of aryl methyl sites for hydroxylation is 1. The van der Waals surface area contributed by atoms with Gasteiger partial charge in [-0.05, 0) is 36.6 Å². The predicted molar refractivity (Wildman–Crippen MR) is 131 cm³/mol. The maximum atomic E-state index is 13.1. The first-order chi connectivity index (χ1) is 16.7. The average molecular weight is 498 g/mol. The summed E-state index contributed by atoms with van der Waals surface area (Å²) in [4.78, 5) is 37.9. The molecule has 0 N–H and O–H groups in total. The van der Waals surface area contributed by atoms with Crippen molar-refractivity contribution in [2.24, 2.45) is 18.4 Å². The zero-order chi connectivity index (χ0) is 24.9. The van der Waals surface area contributed by atoms with Gasteiger partial charge in [0.15, 0.2) is 11.5 Å². The van der Waals surface area contributed by atoms with Crippen molar-refractivity contribution in [3.05, 3.63) is 47.0 Å². The van der Waals surface area contributed by atoms with E-state index in [1.165, 1.54) is 6.33 Å². The number of halogens is 1. The summed E-state index contributed by atoms with van der Waals surface area (Å²) in [6.45, 7) is 1.83. The fourth-order valence-electron chi connectivity index (χ4n) is 5.44. The molecule has 0 bridgehead atoms. The molecule has 2 aliphatic rings. The molecule has 35 heavy (non-hydrogen) atoms. The normalized spacial score (nSPS) is 16.7. The van der Waals surface area contributed by atoms with Crippen LogP contribution in [-0.4, -0.2) is 70.5 Å². The second-order valence-electron chi connectivity index (χ2n) is 9.64. The highest BCUT2D eigenvalue weighted by Gasteiger charge is 2.56. The monoisotopic (exact) mass is 497 g/mol. The maximum Gasteiger partial charge on any atom is 0.270 e. The van der Waals surface area contributed by atoms with Crippen LogP contribution in [0.3, 0.4) is 0 Å². The number of carbonyl (C=O) groups is 2. The fourth-order valence-corrected chi connectivity index (χ4v) is 5.62. The molecule has 1 saturated carbocycles. The average Bonchev–Trinajstić information content (AvgIpc) is 3.14. The molecule has 1 spiro atoms. The molecule has 5 rings (SSSR count). The Kier molecular flexibility index (Phi) is 5.83. The van der Waals surface area contributed by atoms with Crippen LogP contribution in [0.25, 0.3) is 11.0 Å². The summed E-state index contributed by atoms with van der Waals surface area (Å²) in [6.07, 6.45) is 3.00. The van der Waals surface area contributed by atoms with Gasteiger partial charge in [0, 0.05) is 45.1 Å². The van der Waals surface area contributed by atoms with E-state index in [1.807, 2.05) is 30.1 Å². The zero-order valence-electron chi connectivity index (χ0n) is 20.2. The minimum Gasteiger partial charge on any atom is -0.493 e. The molecule has 1 aliphatic carbocycles. The number of fused-ring (bicyclic) bond motifs is 1. The van der Waals surface area contributed by atoms with Crippen LogP contribution in [0, 0.1) is 11.3 Å². The number of hydrogen-bond donors (Lipinski definition) is 0. The van der Waals surface area contributed by atoms with Crippen molar-refractivity contribution in [2.75, 3.05) is 34.4 Å². The Morgan fingerprint density at radius 3 is 2.51 bits per heavy atom. The van der Waals surface area contributed by atoms with E-state index in [0.717, 1.165) is 18.4 Å². The summed E-state index contributed by atoms with van der Waals surface area (Å²) in [5.74, 6) is 1.39. The first kappa shape index (κ1) is 23.4. The molecule has 2 amide bonds. The van der Waals surface area contributed by atoms with E-state index in [1.54, 1.807) is 36.8 Å². The Morgan fingerprint density at radius 1 is 1.14 bits per heavy atom. The number of amides is 2. The Bertz CT molecular complexity index is 1310. The molecule has 3 aromatic rings. The summed E-state index contributed by atoms with van der Waals surface area (Å²) >= 11 is 6.17. The third-order valence-electron chi connectivity index (χ3n) is 7.29. The van der Waals surface area contributed by atoms with E-state index in [9.17, 15) is 9.59 Å². The van der Waals surface area contributed by atoms with Crippen molar-refractivity contribution in [3.63, 3.8) is 0 Å². The van der Waals surface area contributed by atoms with Crippen LogP contribution in [0.5, 0.6) is 11.5 Å². The number of methoxy groups -OCH3 is 2. The highest BCUT2D eigenvalue weighted by molar-refractivity contribution is 6.34. The Labute approximate surface area is 208 Å². The predicted octanol–water partition coefficient (Wildman–Crippen LogP) is 3.15. The standard InChI is InChI=1S/C25H28ClN5O4/c1-29(11-15-5-6-19(34-3)20(7-15)35-4)23(32)16-9-25(10-16)12-31(13-25)24(33)18-8-17-21(26)27-14-28-22(17)30(18)2/h5-8,14,16H,9-13H2,1-4H3. The smallest absolute Gasteiger partial charge is 0.270 e. The van der Waals surface area contributed by atoms with Gasteiger partial charge in [0.25, 0.3) is 5.91 Å². The van der Waals surface area contributed by atoms with E-state index in [0.29, 0.717) is 53.0 Å². The molecule has 1 saturated heterocycles. The fraction of sp³-hybridized carbons (Fsp3) is 0.440. The Balaban J connectivity index is 1.17. The number of hydrogen-bond acceptors (Lipinski definition) is 6. The van der Waals surface area contributed by atoms with E-state index in [4.69, 9.17) is 21.1 Å². The van der Waals surface area contributed by atoms with Crippen LogP contribution in [-0.2, 0) is 18.4 Å². The summed E-state index contributed by atoms with van der Waals surface area (Å²) in [6, 6.07) is 7.43. The van der Waals surface area contributed by atoms with Gasteiger partial charge in [-0.25, -0.2) is 9.97 Å². The third kappa shape index (κ3) is 3.97. The van der Waals surface area contributed by atoms with E-state index in [2.05, 4.69) is 9.97 Å². The number of carbonyl (C=O) groups excluding carboxylic acids is 2. The van der Waals surface area contributed by atoms with Gasteiger partial charge in [-0.15, -0.1) is 0 Å².